The van der Waals surface area contributed by atoms with Gasteiger partial charge in [0.25, 0.3) is 0 Å². The van der Waals surface area contributed by atoms with E-state index in [9.17, 15) is 14.0 Å². The summed E-state index contributed by atoms with van der Waals surface area (Å²) in [5.41, 5.74) is 2.88. The van der Waals surface area contributed by atoms with E-state index < -0.39 is 0 Å². The first kappa shape index (κ1) is 22.7. The van der Waals surface area contributed by atoms with Crippen LogP contribution in [0.1, 0.15) is 16.1 Å². The number of carbonyl (C=O) groups is 2. The standard InChI is InChI=1S/C19H15FN2O2S2.C2H7N/c20-15-6-4-14(5-7-15)19-22-17(11-26-19)10-25-12-18(24)21-16-3-1-2-13(8-16)9-23;1-3-2/h1-9,11H,10,12H2,(H,21,24);3H,1-2H3. The van der Waals surface area contributed by atoms with Crippen molar-refractivity contribution in [2.75, 3.05) is 25.2 Å². The monoisotopic (exact) mass is 431 g/mol. The Morgan fingerprint density at radius 2 is 1.93 bits per heavy atom. The van der Waals surface area contributed by atoms with Gasteiger partial charge in [0.15, 0.2) is 0 Å². The Kier molecular flexibility index (Phi) is 9.49. The van der Waals surface area contributed by atoms with Crippen molar-refractivity contribution in [2.24, 2.45) is 0 Å². The predicted octanol–water partition coefficient (Wildman–Crippen LogP) is 4.47. The van der Waals surface area contributed by atoms with Crippen LogP contribution in [0.3, 0.4) is 0 Å². The summed E-state index contributed by atoms with van der Waals surface area (Å²) in [4.78, 5) is 27.3. The number of aromatic nitrogens is 1. The van der Waals surface area contributed by atoms with Crippen LogP contribution < -0.4 is 10.6 Å². The zero-order valence-corrected chi connectivity index (χ0v) is 17.8. The highest BCUT2D eigenvalue weighted by Gasteiger charge is 2.07. The lowest BCUT2D eigenvalue weighted by atomic mass is 10.2. The molecule has 0 unspecified atom stereocenters. The molecule has 0 bridgehead atoms. The minimum absolute atomic E-state index is 0.132. The summed E-state index contributed by atoms with van der Waals surface area (Å²) in [5, 5.41) is 8.29. The van der Waals surface area contributed by atoms with Gasteiger partial charge in [-0.15, -0.1) is 23.1 Å². The lowest BCUT2D eigenvalue weighted by Gasteiger charge is -2.05. The maximum absolute atomic E-state index is 13.0. The largest absolute Gasteiger partial charge is 0.325 e. The molecule has 0 atom stereocenters. The highest BCUT2D eigenvalue weighted by Crippen LogP contribution is 2.25. The molecule has 152 valence electrons. The fourth-order valence-corrected chi connectivity index (χ4v) is 3.88. The van der Waals surface area contributed by atoms with E-state index >= 15 is 0 Å². The average molecular weight is 432 g/mol. The molecule has 0 aliphatic carbocycles. The van der Waals surface area contributed by atoms with Crippen molar-refractivity contribution >= 4 is 41.0 Å². The van der Waals surface area contributed by atoms with Crippen LogP contribution in [0.15, 0.2) is 53.9 Å². The molecule has 0 aliphatic heterocycles. The van der Waals surface area contributed by atoms with Gasteiger partial charge >= 0.3 is 0 Å². The van der Waals surface area contributed by atoms with Crippen molar-refractivity contribution in [1.82, 2.24) is 10.3 Å². The topological polar surface area (TPSA) is 71.1 Å². The third-order valence-corrected chi connectivity index (χ3v) is 5.34. The fourth-order valence-electron chi connectivity index (χ4n) is 2.23. The second kappa shape index (κ2) is 12.1. The van der Waals surface area contributed by atoms with Crippen molar-refractivity contribution in [2.45, 2.75) is 5.75 Å². The first-order chi connectivity index (χ1) is 14.0. The van der Waals surface area contributed by atoms with Gasteiger partial charge in [0.1, 0.15) is 17.1 Å². The predicted molar refractivity (Wildman–Crippen MR) is 119 cm³/mol. The number of nitrogens with one attached hydrogen (secondary N) is 2. The van der Waals surface area contributed by atoms with Gasteiger partial charge in [-0.05, 0) is 50.5 Å². The summed E-state index contributed by atoms with van der Waals surface area (Å²) in [5.74, 6) is 0.492. The number of benzene rings is 2. The van der Waals surface area contributed by atoms with E-state index in [1.54, 1.807) is 36.4 Å². The molecule has 0 fully saturated rings. The summed E-state index contributed by atoms with van der Waals surface area (Å²) in [6.45, 7) is 0. The Morgan fingerprint density at radius 1 is 1.21 bits per heavy atom. The molecule has 29 heavy (non-hydrogen) atoms. The van der Waals surface area contributed by atoms with Crippen LogP contribution in [-0.2, 0) is 10.5 Å². The molecule has 2 N–H and O–H groups in total. The minimum Gasteiger partial charge on any atom is -0.325 e. The smallest absolute Gasteiger partial charge is 0.234 e. The lowest BCUT2D eigenvalue weighted by Crippen LogP contribution is -2.14. The van der Waals surface area contributed by atoms with Crippen LogP contribution in [-0.4, -0.2) is 37.0 Å². The Balaban J connectivity index is 0.000000941. The number of rotatable bonds is 7. The lowest BCUT2D eigenvalue weighted by molar-refractivity contribution is -0.113. The van der Waals surface area contributed by atoms with Crippen molar-refractivity contribution in [3.63, 3.8) is 0 Å². The summed E-state index contributed by atoms with van der Waals surface area (Å²) < 4.78 is 13.0. The molecule has 1 heterocycles. The van der Waals surface area contributed by atoms with E-state index in [1.807, 2.05) is 19.5 Å². The van der Waals surface area contributed by atoms with Crippen LogP contribution in [0.25, 0.3) is 10.6 Å². The highest BCUT2D eigenvalue weighted by molar-refractivity contribution is 7.99. The summed E-state index contributed by atoms with van der Waals surface area (Å²) in [7, 11) is 3.75. The quantitative estimate of drug-likeness (QED) is 0.540. The molecule has 0 saturated heterocycles. The molecule has 0 aliphatic rings. The molecule has 0 spiro atoms. The Labute approximate surface area is 177 Å². The number of anilines is 1. The van der Waals surface area contributed by atoms with Crippen molar-refractivity contribution in [1.29, 1.82) is 0 Å². The van der Waals surface area contributed by atoms with Gasteiger partial charge in [0, 0.05) is 27.9 Å². The zero-order chi connectivity index (χ0) is 21.1. The molecular weight excluding hydrogens is 409 g/mol. The SMILES string of the molecule is CNC.O=Cc1cccc(NC(=O)CSCc2csc(-c3ccc(F)cc3)n2)c1. The molecule has 8 heteroatoms. The molecule has 0 radical (unpaired) electrons. The van der Waals surface area contributed by atoms with E-state index in [2.05, 4.69) is 15.6 Å². The van der Waals surface area contributed by atoms with Crippen molar-refractivity contribution in [3.8, 4) is 10.6 Å². The number of amides is 1. The van der Waals surface area contributed by atoms with Crippen LogP contribution >= 0.6 is 23.1 Å². The fraction of sp³-hybridized carbons (Fsp3) is 0.190. The number of nitrogens with zero attached hydrogens (tertiary/aromatic N) is 1. The molecule has 0 saturated carbocycles. The van der Waals surface area contributed by atoms with Crippen LogP contribution in [0, 0.1) is 5.82 Å². The maximum Gasteiger partial charge on any atom is 0.234 e. The Morgan fingerprint density at radius 3 is 2.62 bits per heavy atom. The number of carbonyl (C=O) groups excluding carboxylic acids is 2. The Hall–Kier alpha value is -2.55. The number of aldehydes is 1. The number of thiazole rings is 1. The summed E-state index contributed by atoms with van der Waals surface area (Å²) in [6.07, 6.45) is 0.741. The van der Waals surface area contributed by atoms with Crippen LogP contribution in [0.5, 0.6) is 0 Å². The molecule has 2 aromatic carbocycles. The van der Waals surface area contributed by atoms with Gasteiger partial charge in [0.2, 0.25) is 5.91 Å². The van der Waals surface area contributed by atoms with Crippen molar-refractivity contribution in [3.05, 3.63) is 71.0 Å². The Bertz CT molecular complexity index is 930. The number of thioether (sulfide) groups is 1. The molecular formula is C21H22FN3O2S2. The normalized spacial score (nSPS) is 10.0. The van der Waals surface area contributed by atoms with E-state index in [0.717, 1.165) is 22.6 Å². The first-order valence-corrected chi connectivity index (χ1v) is 10.8. The van der Waals surface area contributed by atoms with Crippen molar-refractivity contribution < 1.29 is 14.0 Å². The second-order valence-corrected chi connectivity index (χ2v) is 7.78. The number of hydrogen-bond donors (Lipinski definition) is 2. The van der Waals surface area contributed by atoms with Gasteiger partial charge in [-0.2, -0.15) is 0 Å². The van der Waals surface area contributed by atoms with E-state index in [-0.39, 0.29) is 17.5 Å². The molecule has 3 aromatic rings. The average Bonchev–Trinajstić information content (AvgIpc) is 3.18. The summed E-state index contributed by atoms with van der Waals surface area (Å²) in [6, 6.07) is 13.0. The molecule has 5 nitrogen and oxygen atoms in total. The van der Waals surface area contributed by atoms with Crippen LogP contribution in [0.4, 0.5) is 10.1 Å². The molecule has 1 amide bonds. The maximum atomic E-state index is 13.0. The third-order valence-electron chi connectivity index (χ3n) is 3.43. The second-order valence-electron chi connectivity index (χ2n) is 5.94. The molecule has 3 rings (SSSR count). The van der Waals surface area contributed by atoms with E-state index in [0.29, 0.717) is 17.0 Å². The van der Waals surface area contributed by atoms with Gasteiger partial charge in [-0.3, -0.25) is 9.59 Å². The van der Waals surface area contributed by atoms with E-state index in [1.165, 1.54) is 35.2 Å². The van der Waals surface area contributed by atoms with Crippen LogP contribution in [0.2, 0.25) is 0 Å². The highest BCUT2D eigenvalue weighted by atomic mass is 32.2. The van der Waals surface area contributed by atoms with E-state index in [4.69, 9.17) is 0 Å². The van der Waals surface area contributed by atoms with Gasteiger partial charge in [0.05, 0.1) is 11.4 Å². The number of hydrogen-bond acceptors (Lipinski definition) is 6. The zero-order valence-electron chi connectivity index (χ0n) is 16.1. The minimum atomic E-state index is -0.272. The summed E-state index contributed by atoms with van der Waals surface area (Å²) >= 11 is 2.95. The first-order valence-electron chi connectivity index (χ1n) is 8.77. The van der Waals surface area contributed by atoms with Gasteiger partial charge in [-0.25, -0.2) is 9.37 Å². The number of halogens is 1. The third kappa shape index (κ3) is 7.77. The molecule has 1 aromatic heterocycles. The van der Waals surface area contributed by atoms with Gasteiger partial charge < -0.3 is 10.6 Å². The van der Waals surface area contributed by atoms with Gasteiger partial charge in [-0.1, -0.05) is 12.1 Å².